The second-order valence-electron chi connectivity index (χ2n) is 4.85. The lowest BCUT2D eigenvalue weighted by Crippen LogP contribution is -2.28. The van der Waals surface area contributed by atoms with Crippen LogP contribution in [-0.4, -0.2) is 17.6 Å². The fourth-order valence-corrected chi connectivity index (χ4v) is 2.01. The van der Waals surface area contributed by atoms with Crippen molar-refractivity contribution in [2.75, 3.05) is 6.54 Å². The summed E-state index contributed by atoms with van der Waals surface area (Å²) in [5.74, 6) is 0.863. The standard InChI is InChI=1S/C16H18FNO3/c1-11-6-7-12(21-11)8-9-16(20)18-10-15(19)13-4-2-3-5-14(13)17/h2-7,15,19H,8-10H2,1H3,(H,18,20). The molecular formula is C16H18FNO3. The summed E-state index contributed by atoms with van der Waals surface area (Å²) < 4.78 is 18.8. The van der Waals surface area contributed by atoms with Crippen molar-refractivity contribution in [1.82, 2.24) is 5.32 Å². The zero-order valence-electron chi connectivity index (χ0n) is 11.8. The number of aliphatic hydroxyl groups excluding tert-OH is 1. The zero-order chi connectivity index (χ0) is 15.2. The molecule has 0 bridgehead atoms. The molecule has 21 heavy (non-hydrogen) atoms. The molecule has 2 rings (SSSR count). The number of furan rings is 1. The maximum atomic E-state index is 13.5. The Hall–Kier alpha value is -2.14. The van der Waals surface area contributed by atoms with Crippen LogP contribution < -0.4 is 5.32 Å². The number of carbonyl (C=O) groups excluding carboxylic acids is 1. The Morgan fingerprint density at radius 2 is 2.10 bits per heavy atom. The Balaban J connectivity index is 1.77. The Labute approximate surface area is 122 Å². The first-order valence-electron chi connectivity index (χ1n) is 6.81. The van der Waals surface area contributed by atoms with Crippen molar-refractivity contribution in [3.05, 3.63) is 59.3 Å². The van der Waals surface area contributed by atoms with Crippen molar-refractivity contribution in [2.24, 2.45) is 0 Å². The average molecular weight is 291 g/mol. The second-order valence-corrected chi connectivity index (χ2v) is 4.85. The maximum absolute atomic E-state index is 13.5. The van der Waals surface area contributed by atoms with E-state index in [9.17, 15) is 14.3 Å². The van der Waals surface area contributed by atoms with E-state index >= 15 is 0 Å². The van der Waals surface area contributed by atoms with Gasteiger partial charge in [-0.05, 0) is 25.1 Å². The molecule has 0 spiro atoms. The number of nitrogens with one attached hydrogen (secondary N) is 1. The topological polar surface area (TPSA) is 62.5 Å². The summed E-state index contributed by atoms with van der Waals surface area (Å²) in [5, 5.41) is 12.5. The molecule has 1 atom stereocenters. The van der Waals surface area contributed by atoms with Gasteiger partial charge in [-0.1, -0.05) is 18.2 Å². The van der Waals surface area contributed by atoms with E-state index in [0.29, 0.717) is 6.42 Å². The van der Waals surface area contributed by atoms with E-state index in [1.165, 1.54) is 12.1 Å². The number of hydrogen-bond donors (Lipinski definition) is 2. The first-order chi connectivity index (χ1) is 10.1. The number of amides is 1. The summed E-state index contributed by atoms with van der Waals surface area (Å²) in [6.07, 6.45) is -0.298. The third-order valence-electron chi connectivity index (χ3n) is 3.15. The van der Waals surface area contributed by atoms with E-state index in [2.05, 4.69) is 5.32 Å². The molecule has 0 aliphatic carbocycles. The first kappa shape index (κ1) is 15.3. The minimum atomic E-state index is -1.05. The van der Waals surface area contributed by atoms with Crippen LogP contribution in [0.3, 0.4) is 0 Å². The van der Waals surface area contributed by atoms with Crippen molar-refractivity contribution < 1.29 is 18.7 Å². The van der Waals surface area contributed by atoms with Gasteiger partial charge in [0, 0.05) is 24.9 Å². The Morgan fingerprint density at radius 3 is 2.76 bits per heavy atom. The molecule has 0 fully saturated rings. The Kier molecular flexibility index (Phi) is 5.11. The fraction of sp³-hybridized carbons (Fsp3) is 0.312. The van der Waals surface area contributed by atoms with Gasteiger partial charge in [-0.25, -0.2) is 4.39 Å². The highest BCUT2D eigenvalue weighted by atomic mass is 19.1. The van der Waals surface area contributed by atoms with E-state index < -0.39 is 11.9 Å². The number of aryl methyl sites for hydroxylation is 2. The van der Waals surface area contributed by atoms with Gasteiger partial charge >= 0.3 is 0 Å². The van der Waals surface area contributed by atoms with Crippen LogP contribution in [0.1, 0.15) is 29.6 Å². The largest absolute Gasteiger partial charge is 0.466 e. The highest BCUT2D eigenvalue weighted by Gasteiger charge is 2.13. The van der Waals surface area contributed by atoms with E-state index in [4.69, 9.17) is 4.42 Å². The molecule has 0 aliphatic rings. The van der Waals surface area contributed by atoms with Crippen molar-refractivity contribution >= 4 is 5.91 Å². The molecule has 4 nitrogen and oxygen atoms in total. The van der Waals surface area contributed by atoms with E-state index in [0.717, 1.165) is 11.5 Å². The predicted molar refractivity (Wildman–Crippen MR) is 76.1 cm³/mol. The zero-order valence-corrected chi connectivity index (χ0v) is 11.8. The minimum absolute atomic E-state index is 0.0169. The molecule has 1 aromatic carbocycles. The van der Waals surface area contributed by atoms with E-state index in [1.54, 1.807) is 12.1 Å². The molecule has 0 saturated carbocycles. The van der Waals surface area contributed by atoms with E-state index in [1.807, 2.05) is 19.1 Å². The highest BCUT2D eigenvalue weighted by molar-refractivity contribution is 5.76. The summed E-state index contributed by atoms with van der Waals surface area (Å²) >= 11 is 0. The van der Waals surface area contributed by atoms with Crippen LogP contribution in [0.4, 0.5) is 4.39 Å². The molecule has 0 saturated heterocycles. The second kappa shape index (κ2) is 7.04. The Morgan fingerprint density at radius 1 is 1.33 bits per heavy atom. The average Bonchev–Trinajstić information content (AvgIpc) is 2.89. The van der Waals surface area contributed by atoms with Gasteiger partial charge in [0.15, 0.2) is 0 Å². The molecule has 2 N–H and O–H groups in total. The van der Waals surface area contributed by atoms with Crippen molar-refractivity contribution in [2.45, 2.75) is 25.9 Å². The van der Waals surface area contributed by atoms with Crippen molar-refractivity contribution in [3.8, 4) is 0 Å². The quantitative estimate of drug-likeness (QED) is 0.859. The molecule has 112 valence electrons. The van der Waals surface area contributed by atoms with Gasteiger partial charge in [-0.3, -0.25) is 4.79 Å². The van der Waals surface area contributed by atoms with Gasteiger partial charge < -0.3 is 14.8 Å². The van der Waals surface area contributed by atoms with Crippen molar-refractivity contribution in [3.63, 3.8) is 0 Å². The Bertz CT molecular complexity index is 609. The number of aliphatic hydroxyl groups is 1. The summed E-state index contributed by atoms with van der Waals surface area (Å²) in [7, 11) is 0. The third-order valence-corrected chi connectivity index (χ3v) is 3.15. The van der Waals surface area contributed by atoms with Crippen LogP contribution in [0.15, 0.2) is 40.8 Å². The molecule has 2 aromatic rings. The molecule has 0 aliphatic heterocycles. The van der Waals surface area contributed by atoms with Gasteiger partial charge in [-0.2, -0.15) is 0 Å². The number of halogens is 1. The van der Waals surface area contributed by atoms with Crippen LogP contribution in [0.2, 0.25) is 0 Å². The SMILES string of the molecule is Cc1ccc(CCC(=O)NCC(O)c2ccccc2F)o1. The van der Waals surface area contributed by atoms with Gasteiger partial charge in [0.05, 0.1) is 6.10 Å². The normalized spacial score (nSPS) is 12.1. The van der Waals surface area contributed by atoms with Crippen LogP contribution in [0.25, 0.3) is 0 Å². The van der Waals surface area contributed by atoms with Crippen LogP contribution >= 0.6 is 0 Å². The number of carbonyl (C=O) groups is 1. The molecule has 5 heteroatoms. The van der Waals surface area contributed by atoms with Crippen LogP contribution in [0, 0.1) is 12.7 Å². The highest BCUT2D eigenvalue weighted by Crippen LogP contribution is 2.15. The van der Waals surface area contributed by atoms with Gasteiger partial charge in [0.25, 0.3) is 0 Å². The summed E-state index contributed by atoms with van der Waals surface area (Å²) in [6.45, 7) is 1.82. The lowest BCUT2D eigenvalue weighted by atomic mass is 10.1. The molecule has 1 heterocycles. The number of hydrogen-bond acceptors (Lipinski definition) is 3. The van der Waals surface area contributed by atoms with Crippen LogP contribution in [-0.2, 0) is 11.2 Å². The van der Waals surface area contributed by atoms with E-state index in [-0.39, 0.29) is 24.4 Å². The van der Waals surface area contributed by atoms with Crippen molar-refractivity contribution in [1.29, 1.82) is 0 Å². The van der Waals surface area contributed by atoms with Crippen LogP contribution in [0.5, 0.6) is 0 Å². The smallest absolute Gasteiger partial charge is 0.220 e. The first-order valence-corrected chi connectivity index (χ1v) is 6.81. The van der Waals surface area contributed by atoms with Gasteiger partial charge in [-0.15, -0.1) is 0 Å². The maximum Gasteiger partial charge on any atom is 0.220 e. The molecule has 1 unspecified atom stereocenters. The number of benzene rings is 1. The lowest BCUT2D eigenvalue weighted by Gasteiger charge is -2.12. The van der Waals surface area contributed by atoms with Gasteiger partial charge in [0.2, 0.25) is 5.91 Å². The molecule has 1 amide bonds. The molecule has 1 aromatic heterocycles. The van der Waals surface area contributed by atoms with Gasteiger partial charge in [0.1, 0.15) is 17.3 Å². The monoisotopic (exact) mass is 291 g/mol. The summed E-state index contributed by atoms with van der Waals surface area (Å²) in [4.78, 5) is 11.7. The predicted octanol–water partition coefficient (Wildman–Crippen LogP) is 2.51. The molecular weight excluding hydrogens is 273 g/mol. The summed E-state index contributed by atoms with van der Waals surface area (Å²) in [5.41, 5.74) is 0.180. The fourth-order valence-electron chi connectivity index (χ4n) is 2.01. The third kappa shape index (κ3) is 4.43. The lowest BCUT2D eigenvalue weighted by molar-refractivity contribution is -0.121. The minimum Gasteiger partial charge on any atom is -0.466 e. The summed E-state index contributed by atoms with van der Waals surface area (Å²) in [6, 6.07) is 9.64. The molecule has 0 radical (unpaired) electrons. The number of rotatable bonds is 6.